The second-order valence-corrected chi connectivity index (χ2v) is 7.62. The molecule has 31 heavy (non-hydrogen) atoms. The van der Waals surface area contributed by atoms with Crippen LogP contribution in [0.4, 0.5) is 11.5 Å². The summed E-state index contributed by atoms with van der Waals surface area (Å²) in [4.78, 5) is 30.8. The number of ether oxygens (including phenoxy) is 2. The lowest BCUT2D eigenvalue weighted by atomic mass is 10.1. The zero-order valence-electron chi connectivity index (χ0n) is 18.1. The lowest BCUT2D eigenvalue weighted by Gasteiger charge is -2.39. The molecule has 0 bridgehead atoms. The first-order valence-electron chi connectivity index (χ1n) is 10.0. The lowest BCUT2D eigenvalue weighted by Crippen LogP contribution is -2.54. The Morgan fingerprint density at radius 2 is 2.06 bits per heavy atom. The maximum absolute atomic E-state index is 13.0. The van der Waals surface area contributed by atoms with Crippen LogP contribution in [0.1, 0.15) is 6.92 Å². The standard InChI is InChI=1S/C21H26N6O4/c1-13(28)23-20-7-15-16(12-25(2)19(15)9-22-20)17-8-18(26-10-14(11-26)31-4)21(29)27(24-17)5-6-30-3/h7-9,12,14H,5-6,10-11H2,1-4H3,(H,22,23,28). The predicted octanol–water partition coefficient (Wildman–Crippen LogP) is 1.24. The van der Waals surface area contributed by atoms with Gasteiger partial charge in [-0.2, -0.15) is 5.10 Å². The molecule has 0 radical (unpaired) electrons. The lowest BCUT2D eigenvalue weighted by molar-refractivity contribution is -0.114. The van der Waals surface area contributed by atoms with E-state index in [-0.39, 0.29) is 17.6 Å². The molecule has 0 atom stereocenters. The number of carbonyl (C=O) groups excluding carboxylic acids is 1. The Hall–Kier alpha value is -3.24. The number of aryl methyl sites for hydroxylation is 1. The molecule has 3 aromatic rings. The average Bonchev–Trinajstić information content (AvgIpc) is 3.03. The normalized spacial score (nSPS) is 14.1. The maximum Gasteiger partial charge on any atom is 0.290 e. The molecule has 0 spiro atoms. The minimum atomic E-state index is -0.191. The van der Waals surface area contributed by atoms with Crippen LogP contribution in [-0.2, 0) is 27.9 Å². The monoisotopic (exact) mass is 426 g/mol. The van der Waals surface area contributed by atoms with E-state index in [9.17, 15) is 9.59 Å². The summed E-state index contributed by atoms with van der Waals surface area (Å²) in [5.41, 5.74) is 2.84. The highest BCUT2D eigenvalue weighted by Gasteiger charge is 2.29. The van der Waals surface area contributed by atoms with Crippen LogP contribution >= 0.6 is 0 Å². The van der Waals surface area contributed by atoms with Gasteiger partial charge in [-0.1, -0.05) is 0 Å². The van der Waals surface area contributed by atoms with Crippen LogP contribution in [0.3, 0.4) is 0 Å². The van der Waals surface area contributed by atoms with E-state index in [4.69, 9.17) is 9.47 Å². The van der Waals surface area contributed by atoms with Crippen LogP contribution in [0.5, 0.6) is 0 Å². The molecular weight excluding hydrogens is 400 g/mol. The number of anilines is 2. The summed E-state index contributed by atoms with van der Waals surface area (Å²) in [5, 5.41) is 8.22. The number of carbonyl (C=O) groups is 1. The first-order chi connectivity index (χ1) is 14.9. The number of aromatic nitrogens is 4. The van der Waals surface area contributed by atoms with Crippen LogP contribution < -0.4 is 15.8 Å². The SMILES string of the molecule is COCCn1nc(-c2cn(C)c3cnc(NC(C)=O)cc23)cc(N2CC(OC)C2)c1=O. The maximum atomic E-state index is 13.0. The zero-order chi connectivity index (χ0) is 22.1. The molecule has 3 aromatic heterocycles. The molecule has 1 aliphatic heterocycles. The number of methoxy groups -OCH3 is 2. The number of pyridine rings is 1. The third kappa shape index (κ3) is 4.04. The molecule has 0 saturated carbocycles. The zero-order valence-corrected chi connectivity index (χ0v) is 18.1. The quantitative estimate of drug-likeness (QED) is 0.606. The van der Waals surface area contributed by atoms with E-state index >= 15 is 0 Å². The van der Waals surface area contributed by atoms with Gasteiger partial charge in [-0.25, -0.2) is 9.67 Å². The largest absolute Gasteiger partial charge is 0.383 e. The van der Waals surface area contributed by atoms with Gasteiger partial charge in [0, 0.05) is 58.4 Å². The average molecular weight is 426 g/mol. The van der Waals surface area contributed by atoms with Gasteiger partial charge < -0.3 is 24.3 Å². The Morgan fingerprint density at radius 1 is 1.29 bits per heavy atom. The molecule has 4 rings (SSSR count). The topological polar surface area (TPSA) is 104 Å². The van der Waals surface area contributed by atoms with Gasteiger partial charge >= 0.3 is 0 Å². The fraction of sp³-hybridized carbons (Fsp3) is 0.429. The third-order valence-corrected chi connectivity index (χ3v) is 5.44. The number of rotatable bonds is 7. The van der Waals surface area contributed by atoms with Crippen molar-refractivity contribution < 1.29 is 14.3 Å². The van der Waals surface area contributed by atoms with E-state index in [0.717, 1.165) is 16.5 Å². The van der Waals surface area contributed by atoms with E-state index in [1.807, 2.05) is 34.8 Å². The molecule has 1 saturated heterocycles. The van der Waals surface area contributed by atoms with E-state index in [1.54, 1.807) is 20.4 Å². The van der Waals surface area contributed by atoms with Crippen molar-refractivity contribution >= 4 is 28.3 Å². The van der Waals surface area contributed by atoms with E-state index in [1.165, 1.54) is 11.6 Å². The number of amides is 1. The van der Waals surface area contributed by atoms with Gasteiger partial charge in [-0.3, -0.25) is 9.59 Å². The molecule has 1 aliphatic rings. The number of hydrogen-bond acceptors (Lipinski definition) is 7. The molecule has 1 N–H and O–H groups in total. The number of fused-ring (bicyclic) bond motifs is 1. The van der Waals surface area contributed by atoms with E-state index < -0.39 is 0 Å². The highest BCUT2D eigenvalue weighted by molar-refractivity contribution is 5.98. The van der Waals surface area contributed by atoms with Crippen molar-refractivity contribution in [2.45, 2.75) is 19.6 Å². The smallest absolute Gasteiger partial charge is 0.290 e. The van der Waals surface area contributed by atoms with Crippen LogP contribution in [0.2, 0.25) is 0 Å². The number of nitrogens with zero attached hydrogens (tertiary/aromatic N) is 5. The summed E-state index contributed by atoms with van der Waals surface area (Å²) in [6.45, 7) is 3.48. The van der Waals surface area contributed by atoms with Crippen molar-refractivity contribution in [1.82, 2.24) is 19.3 Å². The summed E-state index contributed by atoms with van der Waals surface area (Å²) in [6.07, 6.45) is 3.78. The fourth-order valence-corrected chi connectivity index (χ4v) is 3.73. The highest BCUT2D eigenvalue weighted by Crippen LogP contribution is 2.32. The second-order valence-electron chi connectivity index (χ2n) is 7.62. The molecule has 4 heterocycles. The van der Waals surface area contributed by atoms with Gasteiger partial charge in [0.2, 0.25) is 5.91 Å². The van der Waals surface area contributed by atoms with Gasteiger partial charge in [0.1, 0.15) is 11.5 Å². The molecule has 0 aliphatic carbocycles. The molecule has 0 unspecified atom stereocenters. The Kier molecular flexibility index (Phi) is 5.75. The van der Waals surface area contributed by atoms with Crippen molar-refractivity contribution in [2.24, 2.45) is 7.05 Å². The fourth-order valence-electron chi connectivity index (χ4n) is 3.73. The highest BCUT2D eigenvalue weighted by atomic mass is 16.5. The second kappa shape index (κ2) is 8.48. The van der Waals surface area contributed by atoms with E-state index in [0.29, 0.717) is 43.4 Å². The van der Waals surface area contributed by atoms with Crippen LogP contribution in [0.25, 0.3) is 22.2 Å². The molecule has 1 amide bonds. The Labute approximate surface area is 179 Å². The van der Waals surface area contributed by atoms with Crippen LogP contribution in [-0.4, -0.2) is 65.3 Å². The van der Waals surface area contributed by atoms with Crippen molar-refractivity contribution in [2.75, 3.05) is 44.1 Å². The summed E-state index contributed by atoms with van der Waals surface area (Å²) >= 11 is 0. The van der Waals surface area contributed by atoms with Gasteiger partial charge in [0.25, 0.3) is 5.56 Å². The number of nitrogens with one attached hydrogen (secondary N) is 1. The molecule has 164 valence electrons. The summed E-state index contributed by atoms with van der Waals surface area (Å²) in [5.74, 6) is 0.273. The van der Waals surface area contributed by atoms with Gasteiger partial charge in [-0.05, 0) is 12.1 Å². The first kappa shape index (κ1) is 21.0. The number of hydrogen-bond donors (Lipinski definition) is 1. The summed E-state index contributed by atoms with van der Waals surface area (Å²) in [7, 11) is 5.19. The third-order valence-electron chi connectivity index (χ3n) is 5.44. The Bertz CT molecular complexity index is 1180. The predicted molar refractivity (Wildman–Crippen MR) is 117 cm³/mol. The van der Waals surface area contributed by atoms with Crippen LogP contribution in [0.15, 0.2) is 29.3 Å². The van der Waals surface area contributed by atoms with Crippen molar-refractivity contribution in [3.63, 3.8) is 0 Å². The van der Waals surface area contributed by atoms with Gasteiger partial charge in [0.15, 0.2) is 0 Å². The molecule has 10 nitrogen and oxygen atoms in total. The molecule has 10 heteroatoms. The Balaban J connectivity index is 1.83. The van der Waals surface area contributed by atoms with Crippen LogP contribution in [0, 0.1) is 0 Å². The minimum Gasteiger partial charge on any atom is -0.383 e. The molecule has 0 aromatic carbocycles. The Morgan fingerprint density at radius 3 is 2.74 bits per heavy atom. The van der Waals surface area contributed by atoms with Gasteiger partial charge in [0.05, 0.1) is 36.7 Å². The van der Waals surface area contributed by atoms with Crippen molar-refractivity contribution in [3.8, 4) is 11.3 Å². The van der Waals surface area contributed by atoms with Crippen molar-refractivity contribution in [3.05, 3.63) is 34.9 Å². The first-order valence-corrected chi connectivity index (χ1v) is 10.0. The van der Waals surface area contributed by atoms with E-state index in [2.05, 4.69) is 15.4 Å². The molecule has 1 fully saturated rings. The molecular formula is C21H26N6O4. The minimum absolute atomic E-state index is 0.118. The summed E-state index contributed by atoms with van der Waals surface area (Å²) < 4.78 is 13.9. The van der Waals surface area contributed by atoms with Gasteiger partial charge in [-0.15, -0.1) is 0 Å². The van der Waals surface area contributed by atoms with Crippen molar-refractivity contribution in [1.29, 1.82) is 0 Å². The summed E-state index contributed by atoms with van der Waals surface area (Å²) in [6, 6.07) is 3.65.